The zero-order chi connectivity index (χ0) is 15.5. The molecular weight excluding hydrogens is 293 g/mol. The molecule has 0 saturated heterocycles. The number of Topliss-reactive ketones (excluding diaryl/α,β-unsaturated/α-hetero) is 1. The van der Waals surface area contributed by atoms with Crippen molar-refractivity contribution in [3.63, 3.8) is 0 Å². The van der Waals surface area contributed by atoms with Gasteiger partial charge in [0.25, 0.3) is 5.78 Å². The number of anilines is 1. The number of ketones is 1. The maximum atomic E-state index is 13.2. The van der Waals surface area contributed by atoms with Gasteiger partial charge in [-0.2, -0.15) is 22.7 Å². The van der Waals surface area contributed by atoms with E-state index in [0.29, 0.717) is 6.07 Å². The normalized spacial score (nSPS) is 11.7. The summed E-state index contributed by atoms with van der Waals surface area (Å²) in [6.07, 6.45) is -5.33. The van der Waals surface area contributed by atoms with Crippen LogP contribution in [-0.2, 0) is 4.79 Å². The Hall–Kier alpha value is -2.59. The van der Waals surface area contributed by atoms with Gasteiger partial charge in [0.05, 0.1) is 22.9 Å². The van der Waals surface area contributed by atoms with E-state index in [1.807, 2.05) is 0 Å². The third kappa shape index (κ3) is 3.70. The average Bonchev–Trinajstić information content (AvgIpc) is 2.31. The summed E-state index contributed by atoms with van der Waals surface area (Å²) in [6, 6.07) is 0.543. The summed E-state index contributed by atoms with van der Waals surface area (Å²) in [6.45, 7) is 0. The smallest absolute Gasteiger partial charge is 0.283 e. The molecule has 11 heteroatoms. The maximum absolute atomic E-state index is 13.2. The van der Waals surface area contributed by atoms with Crippen LogP contribution >= 0.6 is 0 Å². The first-order valence-electron chi connectivity index (χ1n) is 4.66. The largest absolute Gasteiger partial charge is 0.455 e. The molecule has 0 aliphatic rings. The van der Waals surface area contributed by atoms with Crippen LogP contribution in [0.15, 0.2) is 17.2 Å². The maximum Gasteiger partial charge on any atom is 0.455 e. The molecule has 0 saturated carbocycles. The fourth-order valence-corrected chi connectivity index (χ4v) is 0.996. The highest BCUT2D eigenvalue weighted by Gasteiger charge is 2.36. The summed E-state index contributed by atoms with van der Waals surface area (Å²) in [7, 11) is 0. The van der Waals surface area contributed by atoms with Crippen molar-refractivity contribution in [3.05, 3.63) is 33.9 Å². The molecule has 20 heavy (non-hydrogen) atoms. The van der Waals surface area contributed by atoms with Crippen molar-refractivity contribution in [2.75, 3.05) is 5.43 Å². The molecule has 0 bridgehead atoms. The van der Waals surface area contributed by atoms with Crippen LogP contribution in [0.2, 0.25) is 0 Å². The van der Waals surface area contributed by atoms with E-state index in [1.54, 1.807) is 5.43 Å². The lowest BCUT2D eigenvalue weighted by Gasteiger charge is -2.03. The Labute approximate surface area is 107 Å². The first-order valence-corrected chi connectivity index (χ1v) is 4.66. The first kappa shape index (κ1) is 15.5. The van der Waals surface area contributed by atoms with Gasteiger partial charge < -0.3 is 0 Å². The van der Waals surface area contributed by atoms with Crippen molar-refractivity contribution in [2.24, 2.45) is 5.10 Å². The van der Waals surface area contributed by atoms with E-state index in [-0.39, 0.29) is 12.3 Å². The SMILES string of the molecule is O=C(C=NNc1cc(F)c([N+](=O)[O-])cc1F)C(F)(F)F. The molecule has 0 aliphatic carbocycles. The first-order chi connectivity index (χ1) is 9.12. The molecule has 0 aliphatic heterocycles. The second-order valence-electron chi connectivity index (χ2n) is 3.27. The molecule has 1 rings (SSSR count). The molecule has 0 heterocycles. The molecule has 0 atom stereocenters. The van der Waals surface area contributed by atoms with Gasteiger partial charge in [-0.15, -0.1) is 0 Å². The molecule has 0 spiro atoms. The molecular formula is C9H4F5N3O3. The number of benzene rings is 1. The van der Waals surface area contributed by atoms with Gasteiger partial charge in [-0.3, -0.25) is 20.3 Å². The van der Waals surface area contributed by atoms with Gasteiger partial charge in [-0.1, -0.05) is 0 Å². The van der Waals surface area contributed by atoms with E-state index in [4.69, 9.17) is 0 Å². The molecule has 0 radical (unpaired) electrons. The highest BCUT2D eigenvalue weighted by atomic mass is 19.4. The number of hydrogen-bond acceptors (Lipinski definition) is 5. The number of alkyl halides is 3. The van der Waals surface area contributed by atoms with Crippen molar-refractivity contribution in [3.8, 4) is 0 Å². The van der Waals surface area contributed by atoms with E-state index < -0.39 is 39.9 Å². The topological polar surface area (TPSA) is 84.6 Å². The predicted molar refractivity (Wildman–Crippen MR) is 56.2 cm³/mol. The third-order valence-electron chi connectivity index (χ3n) is 1.88. The van der Waals surface area contributed by atoms with Gasteiger partial charge in [0.1, 0.15) is 0 Å². The quantitative estimate of drug-likeness (QED) is 0.400. The highest BCUT2D eigenvalue weighted by Crippen LogP contribution is 2.24. The lowest BCUT2D eigenvalue weighted by atomic mass is 10.2. The number of hydrogen-bond donors (Lipinski definition) is 1. The van der Waals surface area contributed by atoms with Crippen LogP contribution in [0.5, 0.6) is 0 Å². The van der Waals surface area contributed by atoms with Crippen LogP contribution in [0.4, 0.5) is 33.3 Å². The van der Waals surface area contributed by atoms with E-state index >= 15 is 0 Å². The molecule has 0 fully saturated rings. The number of carbonyl (C=O) groups excluding carboxylic acids is 1. The molecule has 6 nitrogen and oxygen atoms in total. The van der Waals surface area contributed by atoms with E-state index in [2.05, 4.69) is 5.10 Å². The summed E-state index contributed by atoms with van der Waals surface area (Å²) < 4.78 is 61.7. The van der Waals surface area contributed by atoms with Crippen molar-refractivity contribution in [1.29, 1.82) is 0 Å². The lowest BCUT2D eigenvalue weighted by molar-refractivity contribution is -0.387. The molecule has 1 aromatic carbocycles. The predicted octanol–water partition coefficient (Wildman–Crippen LogP) is 2.40. The molecule has 0 unspecified atom stereocenters. The minimum atomic E-state index is -5.15. The number of halogens is 5. The van der Waals surface area contributed by atoms with Gasteiger partial charge >= 0.3 is 11.9 Å². The van der Waals surface area contributed by atoms with Gasteiger partial charge in [0.15, 0.2) is 5.82 Å². The number of hydrazone groups is 1. The van der Waals surface area contributed by atoms with Crippen LogP contribution in [0.3, 0.4) is 0 Å². The minimum Gasteiger partial charge on any atom is -0.283 e. The van der Waals surface area contributed by atoms with Crippen LogP contribution < -0.4 is 5.43 Å². The van der Waals surface area contributed by atoms with Crippen LogP contribution in [-0.4, -0.2) is 23.1 Å². The number of nitro groups is 1. The Balaban J connectivity index is 2.90. The Morgan fingerprint density at radius 1 is 1.30 bits per heavy atom. The Bertz CT molecular complexity index is 585. The van der Waals surface area contributed by atoms with Crippen LogP contribution in [0.25, 0.3) is 0 Å². The Morgan fingerprint density at radius 3 is 2.40 bits per heavy atom. The monoisotopic (exact) mass is 297 g/mol. The van der Waals surface area contributed by atoms with Gasteiger partial charge in [-0.05, 0) is 0 Å². The number of nitrogens with one attached hydrogen (secondary N) is 1. The molecule has 0 amide bonds. The van der Waals surface area contributed by atoms with Gasteiger partial charge in [0.2, 0.25) is 5.82 Å². The molecule has 1 N–H and O–H groups in total. The summed E-state index contributed by atoms with van der Waals surface area (Å²) >= 11 is 0. The van der Waals surface area contributed by atoms with Crippen molar-refractivity contribution in [1.82, 2.24) is 0 Å². The van der Waals surface area contributed by atoms with E-state index in [9.17, 15) is 36.9 Å². The summed E-state index contributed by atoms with van der Waals surface area (Å²) in [5.74, 6) is -5.06. The third-order valence-corrected chi connectivity index (χ3v) is 1.88. The molecule has 1 aromatic rings. The van der Waals surface area contributed by atoms with Crippen LogP contribution in [0, 0.1) is 21.7 Å². The molecule has 0 aromatic heterocycles. The molecule has 108 valence electrons. The van der Waals surface area contributed by atoms with E-state index in [1.165, 1.54) is 0 Å². The summed E-state index contributed by atoms with van der Waals surface area (Å²) in [5, 5.41) is 13.0. The highest BCUT2D eigenvalue weighted by molar-refractivity contribution is 6.30. The fraction of sp³-hybridized carbons (Fsp3) is 0.111. The zero-order valence-electron chi connectivity index (χ0n) is 9.24. The van der Waals surface area contributed by atoms with Crippen molar-refractivity contribution >= 4 is 23.4 Å². The van der Waals surface area contributed by atoms with Gasteiger partial charge in [0, 0.05) is 6.07 Å². The van der Waals surface area contributed by atoms with Gasteiger partial charge in [-0.25, -0.2) is 4.39 Å². The van der Waals surface area contributed by atoms with Crippen molar-refractivity contribution in [2.45, 2.75) is 6.18 Å². The Kier molecular flexibility index (Phi) is 4.32. The number of nitrogens with zero attached hydrogens (tertiary/aromatic N) is 2. The number of carbonyl (C=O) groups is 1. The van der Waals surface area contributed by atoms with Crippen molar-refractivity contribution < 1.29 is 31.7 Å². The Morgan fingerprint density at radius 2 is 1.90 bits per heavy atom. The lowest BCUT2D eigenvalue weighted by Crippen LogP contribution is -2.24. The number of nitro benzene ring substituents is 1. The standard InChI is InChI=1S/C9H4F5N3O3/c10-4-2-7(17(19)20)5(11)1-6(4)16-15-3-8(18)9(12,13)14/h1-3,16H. The number of rotatable bonds is 4. The fourth-order valence-electron chi connectivity index (χ4n) is 0.996. The summed E-state index contributed by atoms with van der Waals surface area (Å²) in [4.78, 5) is 19.5. The second-order valence-corrected chi connectivity index (χ2v) is 3.27. The summed E-state index contributed by atoms with van der Waals surface area (Å²) in [5.41, 5.74) is -0.280. The minimum absolute atomic E-state index is 0.182. The second kappa shape index (κ2) is 5.59. The van der Waals surface area contributed by atoms with E-state index in [0.717, 1.165) is 0 Å². The average molecular weight is 297 g/mol. The zero-order valence-corrected chi connectivity index (χ0v) is 9.24. The van der Waals surface area contributed by atoms with Crippen LogP contribution in [0.1, 0.15) is 0 Å².